The molecule has 1 aliphatic rings. The molecule has 3 heteroatoms. The number of pyridine rings is 1. The van der Waals surface area contributed by atoms with E-state index in [2.05, 4.69) is 53.5 Å². The first kappa shape index (κ1) is 13.1. The van der Waals surface area contributed by atoms with Crippen LogP contribution in [0.4, 0.5) is 11.5 Å². The number of aryl methyl sites for hydroxylation is 1. The average molecular weight is 267 g/mol. The lowest BCUT2D eigenvalue weighted by Gasteiger charge is -2.20. The predicted molar refractivity (Wildman–Crippen MR) is 83.5 cm³/mol. The molecule has 1 aromatic heterocycles. The SMILES string of the molecule is CCc1cc(CNC)cc(N2CCc3ccccc32)n1. The van der Waals surface area contributed by atoms with Crippen molar-refractivity contribution in [1.82, 2.24) is 10.3 Å². The van der Waals surface area contributed by atoms with Crippen LogP contribution in [0.1, 0.15) is 23.7 Å². The Morgan fingerprint density at radius 3 is 2.90 bits per heavy atom. The summed E-state index contributed by atoms with van der Waals surface area (Å²) < 4.78 is 0. The van der Waals surface area contributed by atoms with Crippen LogP contribution in [0.3, 0.4) is 0 Å². The molecule has 0 saturated heterocycles. The quantitative estimate of drug-likeness (QED) is 0.923. The molecular formula is C17H21N3. The van der Waals surface area contributed by atoms with Crippen molar-refractivity contribution in [2.75, 3.05) is 18.5 Å². The van der Waals surface area contributed by atoms with Gasteiger partial charge in [0.25, 0.3) is 0 Å². The highest BCUT2D eigenvalue weighted by Crippen LogP contribution is 2.33. The van der Waals surface area contributed by atoms with Gasteiger partial charge in [0.15, 0.2) is 0 Å². The number of aromatic nitrogens is 1. The molecule has 2 heterocycles. The minimum Gasteiger partial charge on any atom is -0.326 e. The topological polar surface area (TPSA) is 28.2 Å². The fourth-order valence-corrected chi connectivity index (χ4v) is 2.83. The number of fused-ring (bicyclic) bond motifs is 1. The van der Waals surface area contributed by atoms with Crippen LogP contribution >= 0.6 is 0 Å². The van der Waals surface area contributed by atoms with E-state index in [-0.39, 0.29) is 0 Å². The molecule has 2 aromatic rings. The highest BCUT2D eigenvalue weighted by atomic mass is 15.2. The first-order chi connectivity index (χ1) is 9.81. The van der Waals surface area contributed by atoms with E-state index in [4.69, 9.17) is 4.98 Å². The van der Waals surface area contributed by atoms with Gasteiger partial charge in [0.1, 0.15) is 5.82 Å². The highest BCUT2D eigenvalue weighted by molar-refractivity contribution is 5.67. The van der Waals surface area contributed by atoms with Crippen LogP contribution in [-0.4, -0.2) is 18.6 Å². The van der Waals surface area contributed by atoms with Gasteiger partial charge >= 0.3 is 0 Å². The van der Waals surface area contributed by atoms with E-state index in [1.54, 1.807) is 0 Å². The standard InChI is InChI=1S/C17H21N3/c1-3-15-10-13(12-18-2)11-17(19-15)20-9-8-14-6-4-5-7-16(14)20/h4-7,10-11,18H,3,8-9,12H2,1-2H3. The van der Waals surface area contributed by atoms with Crippen LogP contribution in [0, 0.1) is 0 Å². The zero-order valence-electron chi connectivity index (χ0n) is 12.2. The Morgan fingerprint density at radius 2 is 2.10 bits per heavy atom. The molecule has 0 aliphatic carbocycles. The smallest absolute Gasteiger partial charge is 0.133 e. The monoisotopic (exact) mass is 267 g/mol. The summed E-state index contributed by atoms with van der Waals surface area (Å²) in [7, 11) is 1.98. The molecule has 104 valence electrons. The van der Waals surface area contributed by atoms with Gasteiger partial charge in [-0.15, -0.1) is 0 Å². The van der Waals surface area contributed by atoms with E-state index in [0.717, 1.165) is 37.4 Å². The van der Waals surface area contributed by atoms with Gasteiger partial charge in [-0.3, -0.25) is 0 Å². The third-order valence-electron chi connectivity index (χ3n) is 3.83. The fraction of sp³-hybridized carbons (Fsp3) is 0.353. The lowest BCUT2D eigenvalue weighted by molar-refractivity contribution is 0.809. The predicted octanol–water partition coefficient (Wildman–Crippen LogP) is 3.06. The van der Waals surface area contributed by atoms with Crippen molar-refractivity contribution in [3.8, 4) is 0 Å². The number of para-hydroxylation sites is 1. The summed E-state index contributed by atoms with van der Waals surface area (Å²) in [6, 6.07) is 13.0. The van der Waals surface area contributed by atoms with Gasteiger partial charge < -0.3 is 10.2 Å². The Hall–Kier alpha value is -1.87. The largest absolute Gasteiger partial charge is 0.326 e. The molecule has 1 aliphatic heterocycles. The number of nitrogens with zero attached hydrogens (tertiary/aromatic N) is 2. The van der Waals surface area contributed by atoms with Crippen LogP contribution in [0.15, 0.2) is 36.4 Å². The number of anilines is 2. The molecule has 0 amide bonds. The maximum atomic E-state index is 4.81. The summed E-state index contributed by atoms with van der Waals surface area (Å²) in [5.74, 6) is 1.08. The zero-order chi connectivity index (χ0) is 13.9. The fourth-order valence-electron chi connectivity index (χ4n) is 2.83. The number of nitrogens with one attached hydrogen (secondary N) is 1. The van der Waals surface area contributed by atoms with Gasteiger partial charge in [-0.05, 0) is 49.2 Å². The minimum atomic E-state index is 0.887. The summed E-state index contributed by atoms with van der Waals surface area (Å²) in [5, 5.41) is 3.23. The summed E-state index contributed by atoms with van der Waals surface area (Å²) in [6.45, 7) is 4.07. The van der Waals surface area contributed by atoms with E-state index in [1.165, 1.54) is 16.8 Å². The summed E-state index contributed by atoms with van der Waals surface area (Å²) in [4.78, 5) is 7.15. The summed E-state index contributed by atoms with van der Waals surface area (Å²) in [6.07, 6.45) is 2.08. The van der Waals surface area contributed by atoms with Gasteiger partial charge in [0.05, 0.1) is 0 Å². The Balaban J connectivity index is 2.00. The zero-order valence-corrected chi connectivity index (χ0v) is 12.2. The van der Waals surface area contributed by atoms with E-state index in [9.17, 15) is 0 Å². The Labute approximate surface area is 120 Å². The lowest BCUT2D eigenvalue weighted by Crippen LogP contribution is -2.16. The number of rotatable bonds is 4. The molecule has 0 atom stereocenters. The second kappa shape index (κ2) is 5.63. The third-order valence-corrected chi connectivity index (χ3v) is 3.83. The van der Waals surface area contributed by atoms with Crippen LogP contribution in [0.5, 0.6) is 0 Å². The van der Waals surface area contributed by atoms with Crippen molar-refractivity contribution in [3.63, 3.8) is 0 Å². The molecule has 0 unspecified atom stereocenters. The van der Waals surface area contributed by atoms with Gasteiger partial charge in [-0.1, -0.05) is 25.1 Å². The van der Waals surface area contributed by atoms with Crippen LogP contribution < -0.4 is 10.2 Å². The Kier molecular flexibility index (Phi) is 3.70. The molecule has 0 bridgehead atoms. The highest BCUT2D eigenvalue weighted by Gasteiger charge is 2.21. The second-order valence-electron chi connectivity index (χ2n) is 5.24. The van der Waals surface area contributed by atoms with E-state index in [1.807, 2.05) is 7.05 Å². The van der Waals surface area contributed by atoms with Gasteiger partial charge in [0, 0.05) is 24.5 Å². The van der Waals surface area contributed by atoms with Gasteiger partial charge in [0.2, 0.25) is 0 Å². The molecule has 3 rings (SSSR count). The van der Waals surface area contributed by atoms with Crippen LogP contribution in [-0.2, 0) is 19.4 Å². The van der Waals surface area contributed by atoms with Gasteiger partial charge in [-0.2, -0.15) is 0 Å². The Bertz CT molecular complexity index is 607. The van der Waals surface area contributed by atoms with Crippen molar-refractivity contribution < 1.29 is 0 Å². The molecule has 20 heavy (non-hydrogen) atoms. The second-order valence-corrected chi connectivity index (χ2v) is 5.24. The van der Waals surface area contributed by atoms with E-state index in [0.29, 0.717) is 0 Å². The molecule has 1 N–H and O–H groups in total. The summed E-state index contributed by atoms with van der Waals surface area (Å²) >= 11 is 0. The van der Waals surface area contributed by atoms with Crippen molar-refractivity contribution in [1.29, 1.82) is 0 Å². The molecular weight excluding hydrogens is 246 g/mol. The van der Waals surface area contributed by atoms with Gasteiger partial charge in [-0.25, -0.2) is 4.98 Å². The Morgan fingerprint density at radius 1 is 1.25 bits per heavy atom. The molecule has 3 nitrogen and oxygen atoms in total. The lowest BCUT2D eigenvalue weighted by atomic mass is 10.1. The molecule has 0 spiro atoms. The normalized spacial score (nSPS) is 13.6. The maximum absolute atomic E-state index is 4.81. The van der Waals surface area contributed by atoms with Crippen molar-refractivity contribution >= 4 is 11.5 Å². The average Bonchev–Trinajstić information content (AvgIpc) is 2.91. The number of hydrogen-bond donors (Lipinski definition) is 1. The number of benzene rings is 1. The molecule has 0 saturated carbocycles. The first-order valence-electron chi connectivity index (χ1n) is 7.31. The van der Waals surface area contributed by atoms with Crippen molar-refractivity contribution in [2.45, 2.75) is 26.3 Å². The minimum absolute atomic E-state index is 0.887. The molecule has 0 radical (unpaired) electrons. The van der Waals surface area contributed by atoms with Crippen LogP contribution in [0.25, 0.3) is 0 Å². The molecule has 1 aromatic carbocycles. The maximum Gasteiger partial charge on any atom is 0.133 e. The van der Waals surface area contributed by atoms with Crippen molar-refractivity contribution in [2.24, 2.45) is 0 Å². The van der Waals surface area contributed by atoms with E-state index >= 15 is 0 Å². The summed E-state index contributed by atoms with van der Waals surface area (Å²) in [5.41, 5.74) is 5.20. The first-order valence-corrected chi connectivity index (χ1v) is 7.31. The van der Waals surface area contributed by atoms with Crippen molar-refractivity contribution in [3.05, 3.63) is 53.2 Å². The molecule has 0 fully saturated rings. The van der Waals surface area contributed by atoms with Crippen LogP contribution in [0.2, 0.25) is 0 Å². The third kappa shape index (κ3) is 2.41. The van der Waals surface area contributed by atoms with E-state index < -0.39 is 0 Å². The number of hydrogen-bond acceptors (Lipinski definition) is 3.